The third-order valence-corrected chi connectivity index (χ3v) is 4.16. The number of rotatable bonds is 6. The first kappa shape index (κ1) is 16.9. The number of hydrogen-bond acceptors (Lipinski definition) is 6. The summed E-state index contributed by atoms with van der Waals surface area (Å²) in [4.78, 5) is 34.5. The number of anilines is 1. The molecule has 0 radical (unpaired) electrons. The minimum atomic E-state index is -0.282. The summed E-state index contributed by atoms with van der Waals surface area (Å²) in [6.07, 6.45) is 6.42. The minimum Gasteiger partial charge on any atom is -0.459 e. The SMILES string of the molecule is O=C(NCCNC(=O)C1CCN(c2ncccn2)CC1)c1ccco1. The van der Waals surface area contributed by atoms with E-state index in [-0.39, 0.29) is 23.5 Å². The summed E-state index contributed by atoms with van der Waals surface area (Å²) in [5.74, 6) is 0.709. The Balaban J connectivity index is 1.35. The van der Waals surface area contributed by atoms with E-state index in [4.69, 9.17) is 4.42 Å². The molecule has 1 aliphatic heterocycles. The van der Waals surface area contributed by atoms with Gasteiger partial charge in [-0.2, -0.15) is 0 Å². The molecule has 8 nitrogen and oxygen atoms in total. The predicted octanol–water partition coefficient (Wildman–Crippen LogP) is 0.832. The summed E-state index contributed by atoms with van der Waals surface area (Å²) < 4.78 is 5.00. The van der Waals surface area contributed by atoms with E-state index in [2.05, 4.69) is 25.5 Å². The van der Waals surface area contributed by atoms with Crippen LogP contribution in [0.3, 0.4) is 0 Å². The lowest BCUT2D eigenvalue weighted by molar-refractivity contribution is -0.125. The van der Waals surface area contributed by atoms with E-state index in [9.17, 15) is 9.59 Å². The number of hydrogen-bond donors (Lipinski definition) is 2. The standard InChI is InChI=1S/C17H21N5O3/c23-15(18-8-9-19-16(24)14-3-1-12-25-14)13-4-10-22(11-5-13)17-20-6-2-7-21-17/h1-3,6-7,12-13H,4-5,8-11H2,(H,18,23)(H,19,24). The van der Waals surface area contributed by atoms with E-state index >= 15 is 0 Å². The highest BCUT2D eigenvalue weighted by molar-refractivity contribution is 5.91. The van der Waals surface area contributed by atoms with Gasteiger partial charge in [-0.3, -0.25) is 9.59 Å². The van der Waals surface area contributed by atoms with Crippen molar-refractivity contribution < 1.29 is 14.0 Å². The highest BCUT2D eigenvalue weighted by Gasteiger charge is 2.25. The fourth-order valence-electron chi connectivity index (χ4n) is 2.80. The second-order valence-electron chi connectivity index (χ2n) is 5.83. The number of nitrogens with zero attached hydrogens (tertiary/aromatic N) is 3. The van der Waals surface area contributed by atoms with Crippen molar-refractivity contribution in [3.8, 4) is 0 Å². The van der Waals surface area contributed by atoms with Crippen LogP contribution in [0.25, 0.3) is 0 Å². The number of furan rings is 1. The first-order valence-corrected chi connectivity index (χ1v) is 8.35. The Morgan fingerprint density at radius 1 is 1.12 bits per heavy atom. The molecule has 2 aromatic heterocycles. The van der Waals surface area contributed by atoms with Crippen LogP contribution < -0.4 is 15.5 Å². The zero-order valence-electron chi connectivity index (χ0n) is 13.9. The minimum absolute atomic E-state index is 0.0132. The van der Waals surface area contributed by atoms with Crippen molar-refractivity contribution in [1.29, 1.82) is 0 Å². The van der Waals surface area contributed by atoms with E-state index in [1.807, 2.05) is 0 Å². The van der Waals surface area contributed by atoms with Gasteiger partial charge in [-0.05, 0) is 31.0 Å². The van der Waals surface area contributed by atoms with Gasteiger partial charge in [0.1, 0.15) is 0 Å². The van der Waals surface area contributed by atoms with Crippen molar-refractivity contribution >= 4 is 17.8 Å². The molecule has 1 saturated heterocycles. The van der Waals surface area contributed by atoms with Crippen LogP contribution in [0.15, 0.2) is 41.3 Å². The molecule has 0 unspecified atom stereocenters. The van der Waals surface area contributed by atoms with Gasteiger partial charge in [0.15, 0.2) is 5.76 Å². The van der Waals surface area contributed by atoms with E-state index in [1.165, 1.54) is 6.26 Å². The van der Waals surface area contributed by atoms with Crippen LogP contribution in [0.5, 0.6) is 0 Å². The van der Waals surface area contributed by atoms with Crippen LogP contribution in [0, 0.1) is 5.92 Å². The van der Waals surface area contributed by atoms with Crippen LogP contribution >= 0.6 is 0 Å². The van der Waals surface area contributed by atoms with Gasteiger partial charge in [-0.25, -0.2) is 9.97 Å². The summed E-state index contributed by atoms with van der Waals surface area (Å²) >= 11 is 0. The smallest absolute Gasteiger partial charge is 0.287 e. The van der Waals surface area contributed by atoms with Gasteiger partial charge in [0.05, 0.1) is 6.26 Å². The molecular formula is C17H21N5O3. The van der Waals surface area contributed by atoms with Gasteiger partial charge >= 0.3 is 0 Å². The molecule has 0 bridgehead atoms. The molecule has 0 atom stereocenters. The Morgan fingerprint density at radius 2 is 1.84 bits per heavy atom. The van der Waals surface area contributed by atoms with Crippen LogP contribution in [0.2, 0.25) is 0 Å². The van der Waals surface area contributed by atoms with Crippen LogP contribution in [0.1, 0.15) is 23.4 Å². The predicted molar refractivity (Wildman–Crippen MR) is 91.0 cm³/mol. The van der Waals surface area contributed by atoms with Crippen molar-refractivity contribution in [2.75, 3.05) is 31.1 Å². The molecule has 0 spiro atoms. The van der Waals surface area contributed by atoms with Gasteiger partial charge < -0.3 is 20.0 Å². The average molecular weight is 343 g/mol. The Bertz CT molecular complexity index is 682. The molecule has 25 heavy (non-hydrogen) atoms. The molecule has 0 aliphatic carbocycles. The first-order chi connectivity index (χ1) is 12.2. The van der Waals surface area contributed by atoms with Crippen LogP contribution in [-0.4, -0.2) is 48.0 Å². The Kier molecular flexibility index (Phi) is 5.61. The van der Waals surface area contributed by atoms with E-state index < -0.39 is 0 Å². The lowest BCUT2D eigenvalue weighted by Crippen LogP contribution is -2.43. The number of nitrogens with one attached hydrogen (secondary N) is 2. The monoisotopic (exact) mass is 343 g/mol. The summed E-state index contributed by atoms with van der Waals surface area (Å²) in [5, 5.41) is 5.57. The van der Waals surface area contributed by atoms with Crippen LogP contribution in [-0.2, 0) is 4.79 Å². The lowest BCUT2D eigenvalue weighted by atomic mass is 9.96. The molecule has 0 saturated carbocycles. The second kappa shape index (κ2) is 8.27. The maximum Gasteiger partial charge on any atom is 0.287 e. The van der Waals surface area contributed by atoms with Crippen LogP contribution in [0.4, 0.5) is 5.95 Å². The molecule has 2 N–H and O–H groups in total. The fourth-order valence-corrected chi connectivity index (χ4v) is 2.80. The molecule has 8 heteroatoms. The average Bonchev–Trinajstić information content (AvgIpc) is 3.21. The van der Waals surface area contributed by atoms with Crippen molar-refractivity contribution in [3.05, 3.63) is 42.6 Å². The topological polar surface area (TPSA) is 100 Å². The quantitative estimate of drug-likeness (QED) is 0.754. The van der Waals surface area contributed by atoms with Gasteiger partial charge in [0.25, 0.3) is 5.91 Å². The highest BCUT2D eigenvalue weighted by atomic mass is 16.3. The summed E-state index contributed by atoms with van der Waals surface area (Å²) in [7, 11) is 0. The molecule has 2 aromatic rings. The van der Waals surface area contributed by atoms with E-state index in [0.717, 1.165) is 25.9 Å². The van der Waals surface area contributed by atoms with E-state index in [0.29, 0.717) is 19.0 Å². The molecular weight excluding hydrogens is 322 g/mol. The molecule has 3 rings (SSSR count). The first-order valence-electron chi connectivity index (χ1n) is 8.35. The zero-order valence-corrected chi connectivity index (χ0v) is 13.9. The second-order valence-corrected chi connectivity index (χ2v) is 5.83. The number of carbonyl (C=O) groups excluding carboxylic acids is 2. The van der Waals surface area contributed by atoms with Crippen molar-refractivity contribution in [2.45, 2.75) is 12.8 Å². The summed E-state index contributed by atoms with van der Waals surface area (Å²) in [5.41, 5.74) is 0. The largest absolute Gasteiger partial charge is 0.459 e. The number of carbonyl (C=O) groups is 2. The zero-order chi connectivity index (χ0) is 17.5. The summed E-state index contributed by atoms with van der Waals surface area (Å²) in [6, 6.07) is 5.04. The van der Waals surface area contributed by atoms with Crippen molar-refractivity contribution in [2.24, 2.45) is 5.92 Å². The van der Waals surface area contributed by atoms with E-state index in [1.54, 1.807) is 30.6 Å². The number of aromatic nitrogens is 2. The van der Waals surface area contributed by atoms with Gasteiger partial charge in [0, 0.05) is 44.5 Å². The number of amides is 2. The maximum atomic E-state index is 12.2. The Morgan fingerprint density at radius 3 is 2.52 bits per heavy atom. The van der Waals surface area contributed by atoms with Gasteiger partial charge in [-0.15, -0.1) is 0 Å². The third kappa shape index (κ3) is 4.56. The highest BCUT2D eigenvalue weighted by Crippen LogP contribution is 2.20. The maximum absolute atomic E-state index is 12.2. The van der Waals surface area contributed by atoms with Gasteiger partial charge in [0.2, 0.25) is 11.9 Å². The molecule has 1 fully saturated rings. The normalized spacial score (nSPS) is 15.0. The Hall–Kier alpha value is -2.90. The molecule has 0 aromatic carbocycles. The fraction of sp³-hybridized carbons (Fsp3) is 0.412. The summed E-state index contributed by atoms with van der Waals surface area (Å²) in [6.45, 7) is 2.28. The molecule has 3 heterocycles. The molecule has 1 aliphatic rings. The molecule has 132 valence electrons. The van der Waals surface area contributed by atoms with Crippen molar-refractivity contribution in [3.63, 3.8) is 0 Å². The van der Waals surface area contributed by atoms with Crippen molar-refractivity contribution in [1.82, 2.24) is 20.6 Å². The van der Waals surface area contributed by atoms with Gasteiger partial charge in [-0.1, -0.05) is 0 Å². The number of piperidine rings is 1. The third-order valence-electron chi connectivity index (χ3n) is 4.16. The molecule has 2 amide bonds. The Labute approximate surface area is 145 Å². The lowest BCUT2D eigenvalue weighted by Gasteiger charge is -2.31.